The Morgan fingerprint density at radius 1 is 1.04 bits per heavy atom. The van der Waals surface area contributed by atoms with E-state index >= 15 is 0 Å². The number of halogens is 1. The molecule has 2 aromatic carbocycles. The third kappa shape index (κ3) is 4.03. The lowest BCUT2D eigenvalue weighted by Crippen LogP contribution is -2.31. The number of anilines is 1. The maximum Gasteiger partial charge on any atom is 0.252 e. The largest absolute Gasteiger partial charge is 0.352 e. The molecule has 0 saturated heterocycles. The Kier molecular flexibility index (Phi) is 5.33. The number of rotatable bonds is 5. The van der Waals surface area contributed by atoms with Crippen molar-refractivity contribution in [2.45, 2.75) is 19.4 Å². The number of nitrogens with one attached hydrogen (secondary N) is 1. The number of nitrogens with zero attached hydrogens (tertiary/aromatic N) is 2. The molecule has 4 rings (SSSR count). The van der Waals surface area contributed by atoms with Crippen LogP contribution >= 0.6 is 0 Å². The Bertz CT molecular complexity index is 972. The first-order chi connectivity index (χ1) is 13.7. The van der Waals surface area contributed by atoms with E-state index in [1.165, 1.54) is 17.2 Å². The van der Waals surface area contributed by atoms with Crippen LogP contribution in [0.25, 0.3) is 0 Å². The van der Waals surface area contributed by atoms with E-state index < -0.39 is 0 Å². The van der Waals surface area contributed by atoms with Gasteiger partial charge in [-0.15, -0.1) is 0 Å². The summed E-state index contributed by atoms with van der Waals surface area (Å²) in [6.45, 7) is 2.12. The predicted octanol–water partition coefficient (Wildman–Crippen LogP) is 3.76. The fraction of sp³-hybridized carbons (Fsp3) is 0.217. The molecule has 0 saturated carbocycles. The Morgan fingerprint density at radius 2 is 1.82 bits per heavy atom. The van der Waals surface area contributed by atoms with E-state index in [4.69, 9.17) is 0 Å². The number of amides is 1. The Labute approximate surface area is 164 Å². The SMILES string of the molecule is O=C(NCCc1ccccc1F)c1ccc(N2CCc3ccccc3C2)nc1. The van der Waals surface area contributed by atoms with Crippen molar-refractivity contribution in [2.75, 3.05) is 18.0 Å². The average molecular weight is 375 g/mol. The number of hydrogen-bond acceptors (Lipinski definition) is 3. The fourth-order valence-corrected chi connectivity index (χ4v) is 3.51. The van der Waals surface area contributed by atoms with Crippen LogP contribution < -0.4 is 10.2 Å². The van der Waals surface area contributed by atoms with Crippen LogP contribution in [0.5, 0.6) is 0 Å². The summed E-state index contributed by atoms with van der Waals surface area (Å²) in [5.74, 6) is 0.433. The summed E-state index contributed by atoms with van der Waals surface area (Å²) in [6, 6.07) is 18.8. The minimum atomic E-state index is -0.245. The lowest BCUT2D eigenvalue weighted by Gasteiger charge is -2.29. The van der Waals surface area contributed by atoms with Gasteiger partial charge in [-0.25, -0.2) is 9.37 Å². The van der Waals surface area contributed by atoms with Crippen molar-refractivity contribution in [1.82, 2.24) is 10.3 Å². The van der Waals surface area contributed by atoms with Crippen molar-refractivity contribution in [1.29, 1.82) is 0 Å². The van der Waals surface area contributed by atoms with Gasteiger partial charge in [0.2, 0.25) is 0 Å². The second kappa shape index (κ2) is 8.21. The highest BCUT2D eigenvalue weighted by Gasteiger charge is 2.17. The number of benzene rings is 2. The first-order valence-corrected chi connectivity index (χ1v) is 9.50. The summed E-state index contributed by atoms with van der Waals surface area (Å²) in [7, 11) is 0. The molecule has 0 spiro atoms. The second-order valence-corrected chi connectivity index (χ2v) is 6.94. The fourth-order valence-electron chi connectivity index (χ4n) is 3.51. The number of fused-ring (bicyclic) bond motifs is 1. The monoisotopic (exact) mass is 375 g/mol. The predicted molar refractivity (Wildman–Crippen MR) is 108 cm³/mol. The molecule has 0 unspecified atom stereocenters. The molecule has 5 heteroatoms. The van der Waals surface area contributed by atoms with E-state index in [0.717, 1.165) is 25.3 Å². The van der Waals surface area contributed by atoms with Crippen molar-refractivity contribution < 1.29 is 9.18 Å². The van der Waals surface area contributed by atoms with Crippen molar-refractivity contribution in [3.05, 3.63) is 94.9 Å². The van der Waals surface area contributed by atoms with E-state index in [1.54, 1.807) is 30.5 Å². The zero-order valence-corrected chi connectivity index (χ0v) is 15.6. The molecule has 0 radical (unpaired) electrons. The van der Waals surface area contributed by atoms with Crippen LogP contribution in [0, 0.1) is 5.82 Å². The van der Waals surface area contributed by atoms with Gasteiger partial charge in [-0.2, -0.15) is 0 Å². The van der Waals surface area contributed by atoms with Gasteiger partial charge in [0.15, 0.2) is 0 Å². The highest BCUT2D eigenvalue weighted by Crippen LogP contribution is 2.23. The molecule has 1 amide bonds. The van der Waals surface area contributed by atoms with Gasteiger partial charge < -0.3 is 10.2 Å². The minimum absolute atomic E-state index is 0.195. The molecule has 0 fully saturated rings. The number of carbonyl (C=O) groups excluding carboxylic acids is 1. The van der Waals surface area contributed by atoms with Gasteiger partial charge in [0.25, 0.3) is 5.91 Å². The topological polar surface area (TPSA) is 45.2 Å². The third-order valence-corrected chi connectivity index (χ3v) is 5.10. The van der Waals surface area contributed by atoms with E-state index in [9.17, 15) is 9.18 Å². The number of aromatic nitrogens is 1. The molecule has 142 valence electrons. The molecule has 0 aliphatic carbocycles. The maximum absolute atomic E-state index is 13.6. The van der Waals surface area contributed by atoms with Gasteiger partial charge in [0.05, 0.1) is 5.56 Å². The second-order valence-electron chi connectivity index (χ2n) is 6.94. The molecule has 2 heterocycles. The quantitative estimate of drug-likeness (QED) is 0.739. The summed E-state index contributed by atoms with van der Waals surface area (Å²) in [4.78, 5) is 19.0. The van der Waals surface area contributed by atoms with Crippen molar-refractivity contribution in [3.8, 4) is 0 Å². The van der Waals surface area contributed by atoms with Gasteiger partial charge in [0, 0.05) is 25.8 Å². The molecule has 0 atom stereocenters. The first kappa shape index (κ1) is 18.2. The molecule has 4 nitrogen and oxygen atoms in total. The van der Waals surface area contributed by atoms with E-state index in [1.807, 2.05) is 6.07 Å². The number of carbonyl (C=O) groups is 1. The van der Waals surface area contributed by atoms with Crippen LogP contribution in [-0.2, 0) is 19.4 Å². The lowest BCUT2D eigenvalue weighted by atomic mass is 10.00. The van der Waals surface area contributed by atoms with E-state index in [0.29, 0.717) is 24.1 Å². The van der Waals surface area contributed by atoms with Crippen LogP contribution in [0.15, 0.2) is 66.9 Å². The lowest BCUT2D eigenvalue weighted by molar-refractivity contribution is 0.0953. The Hall–Kier alpha value is -3.21. The van der Waals surface area contributed by atoms with Gasteiger partial charge in [-0.1, -0.05) is 42.5 Å². The molecular weight excluding hydrogens is 353 g/mol. The van der Waals surface area contributed by atoms with Crippen molar-refractivity contribution in [3.63, 3.8) is 0 Å². The van der Waals surface area contributed by atoms with Gasteiger partial charge >= 0.3 is 0 Å². The molecule has 3 aromatic rings. The highest BCUT2D eigenvalue weighted by molar-refractivity contribution is 5.94. The summed E-state index contributed by atoms with van der Waals surface area (Å²) >= 11 is 0. The van der Waals surface area contributed by atoms with Crippen LogP contribution in [0.4, 0.5) is 10.2 Å². The summed E-state index contributed by atoms with van der Waals surface area (Å²) in [5, 5.41) is 2.83. The van der Waals surface area contributed by atoms with Crippen LogP contribution in [0.2, 0.25) is 0 Å². The third-order valence-electron chi connectivity index (χ3n) is 5.10. The van der Waals surface area contributed by atoms with E-state index in [-0.39, 0.29) is 11.7 Å². The zero-order chi connectivity index (χ0) is 19.3. The molecule has 1 aliphatic heterocycles. The zero-order valence-electron chi connectivity index (χ0n) is 15.6. The highest BCUT2D eigenvalue weighted by atomic mass is 19.1. The van der Waals surface area contributed by atoms with Gasteiger partial charge in [-0.05, 0) is 47.7 Å². The van der Waals surface area contributed by atoms with Gasteiger partial charge in [-0.3, -0.25) is 4.79 Å². The summed E-state index contributed by atoms with van der Waals surface area (Å²) < 4.78 is 13.6. The molecule has 1 aromatic heterocycles. The minimum Gasteiger partial charge on any atom is -0.352 e. The van der Waals surface area contributed by atoms with E-state index in [2.05, 4.69) is 39.5 Å². The van der Waals surface area contributed by atoms with Crippen LogP contribution in [-0.4, -0.2) is 24.0 Å². The Morgan fingerprint density at radius 3 is 2.61 bits per heavy atom. The van der Waals surface area contributed by atoms with Crippen LogP contribution in [0.1, 0.15) is 27.0 Å². The van der Waals surface area contributed by atoms with Crippen molar-refractivity contribution >= 4 is 11.7 Å². The maximum atomic E-state index is 13.6. The van der Waals surface area contributed by atoms with Crippen LogP contribution in [0.3, 0.4) is 0 Å². The first-order valence-electron chi connectivity index (χ1n) is 9.50. The van der Waals surface area contributed by atoms with Crippen molar-refractivity contribution in [2.24, 2.45) is 0 Å². The average Bonchev–Trinajstić information content (AvgIpc) is 2.75. The molecule has 1 N–H and O–H groups in total. The normalized spacial score (nSPS) is 13.1. The molecular formula is C23H22FN3O. The standard InChI is InChI=1S/C23H22FN3O/c24-21-8-4-3-6-18(21)11-13-25-23(28)19-9-10-22(26-15-19)27-14-12-17-5-1-2-7-20(17)16-27/h1-10,15H,11-14,16H2,(H,25,28). The molecule has 0 bridgehead atoms. The smallest absolute Gasteiger partial charge is 0.252 e. The number of hydrogen-bond donors (Lipinski definition) is 1. The summed E-state index contributed by atoms with van der Waals surface area (Å²) in [6.07, 6.45) is 3.06. The molecule has 1 aliphatic rings. The summed E-state index contributed by atoms with van der Waals surface area (Å²) in [5.41, 5.74) is 3.83. The Balaban J connectivity index is 1.34. The van der Waals surface area contributed by atoms with Gasteiger partial charge in [0.1, 0.15) is 11.6 Å². The number of pyridine rings is 1. The molecule has 28 heavy (non-hydrogen) atoms.